The van der Waals surface area contributed by atoms with Gasteiger partial charge in [-0.2, -0.15) is 0 Å². The molecule has 24 heavy (non-hydrogen) atoms. The summed E-state index contributed by atoms with van der Waals surface area (Å²) < 4.78 is 26.6. The Hall–Kier alpha value is -0.167. The van der Waals surface area contributed by atoms with Gasteiger partial charge in [-0.25, -0.2) is 0 Å². The number of allylic oxidation sites excluding steroid dienone is 4. The van der Waals surface area contributed by atoms with Gasteiger partial charge in [0.1, 0.15) is 0 Å². The summed E-state index contributed by atoms with van der Waals surface area (Å²) in [4.78, 5) is 0. The predicted molar refractivity (Wildman–Crippen MR) is 99.9 cm³/mol. The molecule has 1 rings (SSSR count). The Morgan fingerprint density at radius 2 is 1.71 bits per heavy atom. The van der Waals surface area contributed by atoms with E-state index in [-0.39, 0.29) is 0 Å². The van der Waals surface area contributed by atoms with E-state index in [0.29, 0.717) is 19.6 Å². The molecule has 1 N–H and O–H groups in total. The van der Waals surface area contributed by atoms with E-state index in [2.05, 4.69) is 19.9 Å². The van der Waals surface area contributed by atoms with E-state index in [1.54, 1.807) is 11.5 Å². The molecule has 0 spiro atoms. The van der Waals surface area contributed by atoms with Gasteiger partial charge in [0.2, 0.25) is 0 Å². The number of rotatable bonds is 13. The normalized spacial score (nSPS) is 15.6. The van der Waals surface area contributed by atoms with Crippen LogP contribution in [0.3, 0.4) is 0 Å². The van der Waals surface area contributed by atoms with Crippen LogP contribution in [-0.4, -0.2) is 38.0 Å². The molecular weight excluding hydrogens is 368 g/mol. The van der Waals surface area contributed by atoms with E-state index < -0.39 is 19.7 Å². The van der Waals surface area contributed by atoms with Crippen LogP contribution < -0.4 is 0 Å². The van der Waals surface area contributed by atoms with Gasteiger partial charge < -0.3 is 0 Å². The van der Waals surface area contributed by atoms with Gasteiger partial charge in [0.05, 0.1) is 0 Å². The van der Waals surface area contributed by atoms with Gasteiger partial charge in [0.15, 0.2) is 0 Å². The first-order chi connectivity index (χ1) is 11.3. The number of unbranched alkanes of at least 4 members (excludes halogenated alkanes) is 2. The Balaban J connectivity index is 2.54. The maximum atomic E-state index is 14.4. The van der Waals surface area contributed by atoms with Gasteiger partial charge in [-0.05, 0) is 0 Å². The van der Waals surface area contributed by atoms with E-state index in [9.17, 15) is 8.61 Å². The van der Waals surface area contributed by atoms with E-state index in [0.717, 1.165) is 49.4 Å². The zero-order valence-corrected chi connectivity index (χ0v) is 18.0. The zero-order valence-electron chi connectivity index (χ0n) is 15.9. The molecular formula is C19H35FGeO3. The van der Waals surface area contributed by atoms with Crippen molar-refractivity contribution < 1.29 is 18.1 Å². The molecule has 1 aliphatic carbocycles. The molecule has 0 radical (unpaired) electrons. The second-order valence-electron chi connectivity index (χ2n) is 7.07. The van der Waals surface area contributed by atoms with Gasteiger partial charge in [0, 0.05) is 0 Å². The number of hydrogen-bond acceptors (Lipinski definition) is 3. The summed E-state index contributed by atoms with van der Waals surface area (Å²) in [5.74, 6) is 2.07. The topological polar surface area (TPSA) is 38.7 Å². The van der Waals surface area contributed by atoms with Crippen LogP contribution in [0.5, 0.6) is 0 Å². The Kier molecular flexibility index (Phi) is 9.79. The Morgan fingerprint density at radius 1 is 1.12 bits per heavy atom. The third-order valence-corrected chi connectivity index (χ3v) is 8.07. The van der Waals surface area contributed by atoms with Crippen molar-refractivity contribution in [3.8, 4) is 0 Å². The Bertz CT molecular complexity index is 417. The molecule has 0 heterocycles. The fraction of sp³-hybridized carbons (Fsp3) is 0.789. The minimum atomic E-state index is -3.28. The molecule has 0 aliphatic heterocycles. The SMILES string of the molecule is CCCCOC(O)(CCCC1=[C]([Ge]([CH3])([CH3])[F])C=CC1)OCCCC. The quantitative estimate of drug-likeness (QED) is 0.254. The summed E-state index contributed by atoms with van der Waals surface area (Å²) in [5, 5.41) is 10.6. The number of halogens is 1. The van der Waals surface area contributed by atoms with Crippen LogP contribution >= 0.6 is 0 Å². The molecule has 1 aliphatic rings. The maximum absolute atomic E-state index is 14.4. The molecule has 0 aromatic rings. The minimum absolute atomic E-state index is 0.428. The standard InChI is InChI=1S/C19H35FGeO3/c1-5-7-15-23-19(22,24-16-8-6-2)14-10-12-17-11-9-13-18(17)21(3,4)20/h9,13,22H,5-8,10-12,14-16H2,1-4H3. The summed E-state index contributed by atoms with van der Waals surface area (Å²) in [6.45, 7) is 5.18. The molecule has 0 unspecified atom stereocenters. The van der Waals surface area contributed by atoms with E-state index >= 15 is 0 Å². The van der Waals surface area contributed by atoms with E-state index in [1.165, 1.54) is 5.57 Å². The monoisotopic (exact) mass is 404 g/mol. The fourth-order valence-corrected chi connectivity index (χ4v) is 6.18. The molecule has 0 saturated carbocycles. The van der Waals surface area contributed by atoms with Crippen molar-refractivity contribution >= 4 is 13.7 Å². The molecule has 3 nitrogen and oxygen atoms in total. The average molecular weight is 403 g/mol. The van der Waals surface area contributed by atoms with Gasteiger partial charge in [-0.3, -0.25) is 0 Å². The summed E-state index contributed by atoms with van der Waals surface area (Å²) in [6.07, 6.45) is 10.7. The van der Waals surface area contributed by atoms with Crippen LogP contribution in [0.1, 0.15) is 65.2 Å². The van der Waals surface area contributed by atoms with Gasteiger partial charge >= 0.3 is 150 Å². The first kappa shape index (κ1) is 21.9. The summed E-state index contributed by atoms with van der Waals surface area (Å²) in [7, 11) is 0. The van der Waals surface area contributed by atoms with E-state index in [1.807, 2.05) is 6.08 Å². The fourth-order valence-electron chi connectivity index (χ4n) is 2.87. The number of aliphatic hydroxyl groups is 1. The number of ether oxygens (including phenoxy) is 2. The molecule has 0 amide bonds. The molecule has 0 atom stereocenters. The molecule has 0 aromatic heterocycles. The third-order valence-electron chi connectivity index (χ3n) is 4.29. The van der Waals surface area contributed by atoms with Crippen molar-refractivity contribution in [3.05, 3.63) is 22.1 Å². The van der Waals surface area contributed by atoms with Crippen LogP contribution in [0.2, 0.25) is 11.5 Å². The van der Waals surface area contributed by atoms with Crippen LogP contribution in [0, 0.1) is 0 Å². The summed E-state index contributed by atoms with van der Waals surface area (Å²) in [6, 6.07) is 0. The number of hydrogen-bond donors (Lipinski definition) is 1. The van der Waals surface area contributed by atoms with Gasteiger partial charge in [-0.15, -0.1) is 0 Å². The van der Waals surface area contributed by atoms with Crippen LogP contribution in [0.25, 0.3) is 0 Å². The first-order valence-electron chi connectivity index (χ1n) is 9.40. The van der Waals surface area contributed by atoms with Crippen molar-refractivity contribution in [1.29, 1.82) is 0 Å². The zero-order chi connectivity index (χ0) is 18.1. The molecule has 0 fully saturated rings. The van der Waals surface area contributed by atoms with Crippen LogP contribution in [-0.2, 0) is 9.47 Å². The van der Waals surface area contributed by atoms with Gasteiger partial charge in [-0.1, -0.05) is 0 Å². The van der Waals surface area contributed by atoms with Crippen molar-refractivity contribution in [2.75, 3.05) is 13.2 Å². The van der Waals surface area contributed by atoms with Gasteiger partial charge in [0.25, 0.3) is 0 Å². The van der Waals surface area contributed by atoms with Crippen LogP contribution in [0.15, 0.2) is 22.1 Å². The van der Waals surface area contributed by atoms with Crippen molar-refractivity contribution in [2.24, 2.45) is 0 Å². The molecule has 140 valence electrons. The summed E-state index contributed by atoms with van der Waals surface area (Å²) >= 11 is -3.28. The average Bonchev–Trinajstić information content (AvgIpc) is 2.96. The Morgan fingerprint density at radius 3 is 2.21 bits per heavy atom. The third kappa shape index (κ3) is 7.81. The molecule has 0 bridgehead atoms. The Labute approximate surface area is 150 Å². The van der Waals surface area contributed by atoms with E-state index in [4.69, 9.17) is 9.47 Å². The summed E-state index contributed by atoms with van der Waals surface area (Å²) in [5.41, 5.74) is 1.20. The van der Waals surface area contributed by atoms with Crippen molar-refractivity contribution in [2.45, 2.75) is 82.7 Å². The second-order valence-corrected chi connectivity index (χ2v) is 14.4. The first-order valence-corrected chi connectivity index (χ1v) is 15.4. The molecule has 0 saturated heterocycles. The van der Waals surface area contributed by atoms with Crippen LogP contribution in [0.4, 0.5) is 3.50 Å². The molecule has 0 aromatic carbocycles. The second kappa shape index (κ2) is 10.7. The van der Waals surface area contributed by atoms with Crippen molar-refractivity contribution in [1.82, 2.24) is 0 Å². The predicted octanol–water partition coefficient (Wildman–Crippen LogP) is 5.41. The molecule has 5 heteroatoms. The van der Waals surface area contributed by atoms with Crippen molar-refractivity contribution in [3.63, 3.8) is 0 Å².